The Morgan fingerprint density at radius 1 is 1.03 bits per heavy atom. The molecule has 0 spiro atoms. The molecule has 1 atom stereocenters. The van der Waals surface area contributed by atoms with Crippen molar-refractivity contribution in [3.63, 3.8) is 0 Å². The van der Waals surface area contributed by atoms with Gasteiger partial charge in [-0.3, -0.25) is 15.0 Å². The first-order valence-corrected chi connectivity index (χ1v) is 11.2. The van der Waals surface area contributed by atoms with E-state index in [1.165, 1.54) is 0 Å². The van der Waals surface area contributed by atoms with E-state index in [1.807, 2.05) is 48.0 Å². The molecule has 1 aliphatic heterocycles. The van der Waals surface area contributed by atoms with Crippen LogP contribution >= 0.6 is 0 Å². The third-order valence-electron chi connectivity index (χ3n) is 6.02. The molecule has 1 aliphatic rings. The standard InChI is InChI=1S/C26H23N5O4/c1-2-26(19-8-4-3-5-9-19)24(33)31(25(34)28-26)29-23(32)18-11-13-21(14-12-18)35-17-20-16-30-15-7-6-10-22(30)27-20/h3-16H,2,17H2,1H3,(H,28,34)(H,29,32)/t26-/m1/s1. The first-order chi connectivity index (χ1) is 17.0. The summed E-state index contributed by atoms with van der Waals surface area (Å²) in [5.41, 5.74) is 3.74. The fourth-order valence-electron chi connectivity index (χ4n) is 4.12. The van der Waals surface area contributed by atoms with Crippen molar-refractivity contribution >= 4 is 23.5 Å². The molecule has 3 heterocycles. The number of imidazole rings is 1. The van der Waals surface area contributed by atoms with E-state index in [0.29, 0.717) is 17.7 Å². The molecule has 9 nitrogen and oxygen atoms in total. The fraction of sp³-hybridized carbons (Fsp3) is 0.154. The lowest BCUT2D eigenvalue weighted by atomic mass is 9.87. The lowest BCUT2D eigenvalue weighted by Gasteiger charge is -2.25. The minimum absolute atomic E-state index is 0.272. The molecule has 9 heteroatoms. The maximum Gasteiger partial charge on any atom is 0.344 e. The smallest absolute Gasteiger partial charge is 0.344 e. The average molecular weight is 470 g/mol. The zero-order chi connectivity index (χ0) is 24.4. The summed E-state index contributed by atoms with van der Waals surface area (Å²) in [5.74, 6) is -0.556. The number of nitrogens with zero attached hydrogens (tertiary/aromatic N) is 3. The van der Waals surface area contributed by atoms with Gasteiger partial charge < -0.3 is 14.5 Å². The zero-order valence-electron chi connectivity index (χ0n) is 19.0. The van der Waals surface area contributed by atoms with E-state index in [1.54, 1.807) is 48.5 Å². The first-order valence-electron chi connectivity index (χ1n) is 11.2. The Morgan fingerprint density at radius 2 is 1.77 bits per heavy atom. The SMILES string of the molecule is CC[C@]1(c2ccccc2)NC(=O)N(NC(=O)c2ccc(OCc3cn4ccccc4n3)cc2)C1=O. The number of hydrogen-bond donors (Lipinski definition) is 2. The number of amides is 4. The molecule has 0 bridgehead atoms. The number of rotatable bonds is 7. The summed E-state index contributed by atoms with van der Waals surface area (Å²) in [6.45, 7) is 2.08. The van der Waals surface area contributed by atoms with Gasteiger partial charge in [-0.15, -0.1) is 0 Å². The summed E-state index contributed by atoms with van der Waals surface area (Å²) in [7, 11) is 0. The number of aromatic nitrogens is 2. The number of urea groups is 1. The van der Waals surface area contributed by atoms with Crippen LogP contribution < -0.4 is 15.5 Å². The lowest BCUT2D eigenvalue weighted by molar-refractivity contribution is -0.133. The summed E-state index contributed by atoms with van der Waals surface area (Å²) >= 11 is 0. The van der Waals surface area contributed by atoms with Crippen molar-refractivity contribution in [1.29, 1.82) is 0 Å². The predicted octanol–water partition coefficient (Wildman–Crippen LogP) is 3.42. The summed E-state index contributed by atoms with van der Waals surface area (Å²) in [5, 5.41) is 3.48. The number of carbonyl (C=O) groups is 3. The number of nitrogens with one attached hydrogen (secondary N) is 2. The molecule has 0 unspecified atom stereocenters. The van der Waals surface area contributed by atoms with Crippen molar-refractivity contribution in [3.8, 4) is 5.75 Å². The Bertz CT molecular complexity index is 1370. The number of imide groups is 1. The highest BCUT2D eigenvalue weighted by Crippen LogP contribution is 2.31. The lowest BCUT2D eigenvalue weighted by Crippen LogP contribution is -2.48. The number of hydrazine groups is 1. The van der Waals surface area contributed by atoms with Gasteiger partial charge >= 0.3 is 6.03 Å². The van der Waals surface area contributed by atoms with Crippen LogP contribution in [0.15, 0.2) is 85.2 Å². The van der Waals surface area contributed by atoms with Crippen LogP contribution in [-0.4, -0.2) is 32.2 Å². The number of fused-ring (bicyclic) bond motifs is 1. The van der Waals surface area contributed by atoms with Crippen LogP contribution in [-0.2, 0) is 16.9 Å². The summed E-state index contributed by atoms with van der Waals surface area (Å²) in [6, 6.07) is 20.5. The highest BCUT2D eigenvalue weighted by atomic mass is 16.5. The van der Waals surface area contributed by atoms with Crippen LogP contribution in [0, 0.1) is 0 Å². The first kappa shape index (κ1) is 22.1. The number of ether oxygens (including phenoxy) is 1. The van der Waals surface area contributed by atoms with E-state index in [4.69, 9.17) is 4.74 Å². The van der Waals surface area contributed by atoms with Gasteiger partial charge in [-0.2, -0.15) is 5.01 Å². The Balaban J connectivity index is 1.24. The topological polar surface area (TPSA) is 105 Å². The largest absolute Gasteiger partial charge is 0.487 e. The minimum Gasteiger partial charge on any atom is -0.487 e. The number of carbonyl (C=O) groups excluding carboxylic acids is 3. The zero-order valence-corrected chi connectivity index (χ0v) is 19.0. The maximum atomic E-state index is 13.2. The third kappa shape index (κ3) is 4.08. The summed E-state index contributed by atoms with van der Waals surface area (Å²) in [6.07, 6.45) is 4.14. The second kappa shape index (κ2) is 8.94. The van der Waals surface area contributed by atoms with Crippen LogP contribution in [0.4, 0.5) is 4.79 Å². The van der Waals surface area contributed by atoms with Crippen LogP contribution in [0.25, 0.3) is 5.65 Å². The molecule has 0 aliphatic carbocycles. The van der Waals surface area contributed by atoms with Gasteiger partial charge in [-0.25, -0.2) is 9.78 Å². The minimum atomic E-state index is -1.22. The van der Waals surface area contributed by atoms with Crippen LogP contribution in [0.5, 0.6) is 5.75 Å². The van der Waals surface area contributed by atoms with Crippen molar-refractivity contribution in [1.82, 2.24) is 25.1 Å². The molecule has 1 fully saturated rings. The molecule has 2 aromatic carbocycles. The molecule has 1 saturated heterocycles. The molecule has 5 rings (SSSR count). The van der Waals surface area contributed by atoms with Gasteiger partial charge in [0.1, 0.15) is 23.5 Å². The van der Waals surface area contributed by atoms with Crippen LogP contribution in [0.1, 0.15) is 35.0 Å². The maximum absolute atomic E-state index is 13.2. The molecule has 0 saturated carbocycles. The molecule has 0 radical (unpaired) electrons. The molecule has 4 amide bonds. The van der Waals surface area contributed by atoms with Gasteiger partial charge in [0.15, 0.2) is 0 Å². The Kier molecular flexibility index (Phi) is 5.66. The van der Waals surface area contributed by atoms with Crippen LogP contribution in [0.2, 0.25) is 0 Å². The molecule has 35 heavy (non-hydrogen) atoms. The van der Waals surface area contributed by atoms with Crippen LogP contribution in [0.3, 0.4) is 0 Å². The Hall–Kier alpha value is -4.66. The van der Waals surface area contributed by atoms with Crippen molar-refractivity contribution in [2.75, 3.05) is 0 Å². The quantitative estimate of drug-likeness (QED) is 0.404. The Labute approximate surface area is 201 Å². The number of hydrogen-bond acceptors (Lipinski definition) is 5. The number of benzene rings is 2. The molecule has 4 aromatic rings. The Morgan fingerprint density at radius 3 is 2.49 bits per heavy atom. The second-order valence-electron chi connectivity index (χ2n) is 8.15. The van der Waals surface area contributed by atoms with Gasteiger partial charge in [-0.05, 0) is 48.4 Å². The number of pyridine rings is 1. The van der Waals surface area contributed by atoms with Gasteiger partial charge in [0, 0.05) is 18.0 Å². The van der Waals surface area contributed by atoms with Gasteiger partial charge in [0.25, 0.3) is 11.8 Å². The van der Waals surface area contributed by atoms with Crippen molar-refractivity contribution < 1.29 is 19.1 Å². The monoisotopic (exact) mass is 469 g/mol. The molecular formula is C26H23N5O4. The second-order valence-corrected chi connectivity index (χ2v) is 8.15. The van der Waals surface area contributed by atoms with E-state index < -0.39 is 23.4 Å². The normalized spacial score (nSPS) is 17.5. The van der Waals surface area contributed by atoms with Crippen molar-refractivity contribution in [2.24, 2.45) is 0 Å². The fourth-order valence-corrected chi connectivity index (χ4v) is 4.12. The van der Waals surface area contributed by atoms with Gasteiger partial charge in [0.2, 0.25) is 0 Å². The van der Waals surface area contributed by atoms with E-state index in [2.05, 4.69) is 15.7 Å². The van der Waals surface area contributed by atoms with Gasteiger partial charge in [0.05, 0.1) is 5.69 Å². The highest BCUT2D eigenvalue weighted by molar-refractivity contribution is 6.09. The van der Waals surface area contributed by atoms with E-state index in [0.717, 1.165) is 16.4 Å². The highest BCUT2D eigenvalue weighted by Gasteiger charge is 2.52. The molecular weight excluding hydrogens is 446 g/mol. The molecule has 176 valence electrons. The summed E-state index contributed by atoms with van der Waals surface area (Å²) < 4.78 is 7.69. The van der Waals surface area contributed by atoms with E-state index in [-0.39, 0.29) is 12.2 Å². The van der Waals surface area contributed by atoms with Crippen molar-refractivity contribution in [3.05, 3.63) is 102 Å². The van der Waals surface area contributed by atoms with Gasteiger partial charge in [-0.1, -0.05) is 43.3 Å². The predicted molar refractivity (Wildman–Crippen MR) is 127 cm³/mol. The third-order valence-corrected chi connectivity index (χ3v) is 6.02. The average Bonchev–Trinajstić information content (AvgIpc) is 3.42. The van der Waals surface area contributed by atoms with Crippen molar-refractivity contribution in [2.45, 2.75) is 25.5 Å². The van der Waals surface area contributed by atoms with E-state index >= 15 is 0 Å². The summed E-state index contributed by atoms with van der Waals surface area (Å²) in [4.78, 5) is 43.0. The van der Waals surface area contributed by atoms with E-state index in [9.17, 15) is 14.4 Å². The molecule has 2 aromatic heterocycles. The molecule has 2 N–H and O–H groups in total.